The second-order valence-electron chi connectivity index (χ2n) is 7.03. The van der Waals surface area contributed by atoms with E-state index in [1.807, 2.05) is 53.9 Å². The molecule has 4 rings (SSSR count). The Morgan fingerprint density at radius 2 is 1.84 bits per heavy atom. The van der Waals surface area contributed by atoms with Gasteiger partial charge < -0.3 is 15.0 Å². The van der Waals surface area contributed by atoms with Gasteiger partial charge >= 0.3 is 0 Å². The molecule has 0 aliphatic carbocycles. The predicted molar refractivity (Wildman–Crippen MR) is 124 cm³/mol. The fraction of sp³-hybridized carbons (Fsp3) is 0.261. The van der Waals surface area contributed by atoms with Crippen LogP contribution in [-0.2, 0) is 16.0 Å². The number of para-hydroxylation sites is 1. The number of rotatable bonds is 8. The van der Waals surface area contributed by atoms with Crippen LogP contribution in [0.25, 0.3) is 10.6 Å². The Hall–Kier alpha value is -2.84. The highest BCUT2D eigenvalue weighted by Gasteiger charge is 2.34. The van der Waals surface area contributed by atoms with E-state index in [9.17, 15) is 9.59 Å². The molecule has 1 unspecified atom stereocenters. The predicted octanol–water partition coefficient (Wildman–Crippen LogP) is 3.45. The van der Waals surface area contributed by atoms with Gasteiger partial charge in [0.1, 0.15) is 16.8 Å². The zero-order chi connectivity index (χ0) is 21.5. The first-order valence-electron chi connectivity index (χ1n) is 10.0. The van der Waals surface area contributed by atoms with E-state index in [0.29, 0.717) is 30.3 Å². The molecule has 0 saturated carbocycles. The number of nitrogens with zero attached hydrogens (tertiary/aromatic N) is 2. The molecule has 1 aliphatic heterocycles. The first-order chi connectivity index (χ1) is 15.2. The van der Waals surface area contributed by atoms with Crippen molar-refractivity contribution in [2.75, 3.05) is 24.8 Å². The average Bonchev–Trinajstić information content (AvgIpc) is 3.49. The van der Waals surface area contributed by atoms with Crippen molar-refractivity contribution < 1.29 is 14.3 Å². The zero-order valence-corrected chi connectivity index (χ0v) is 18.5. The molecule has 0 radical (unpaired) electrons. The minimum Gasteiger partial charge on any atom is -0.484 e. The van der Waals surface area contributed by atoms with Crippen LogP contribution in [0.1, 0.15) is 5.69 Å². The van der Waals surface area contributed by atoms with Crippen LogP contribution in [0.2, 0.25) is 0 Å². The lowest BCUT2D eigenvalue weighted by Crippen LogP contribution is -2.48. The van der Waals surface area contributed by atoms with Gasteiger partial charge in [0.15, 0.2) is 6.61 Å². The summed E-state index contributed by atoms with van der Waals surface area (Å²) in [5.74, 6) is 1.43. The number of hydrogen-bond donors (Lipinski definition) is 1. The van der Waals surface area contributed by atoms with E-state index in [1.165, 1.54) is 0 Å². The van der Waals surface area contributed by atoms with Crippen molar-refractivity contribution in [2.45, 2.75) is 12.5 Å². The molecule has 8 heteroatoms. The quantitative estimate of drug-likeness (QED) is 0.566. The number of amides is 2. The maximum atomic E-state index is 12.7. The topological polar surface area (TPSA) is 71.5 Å². The van der Waals surface area contributed by atoms with E-state index < -0.39 is 6.04 Å². The minimum absolute atomic E-state index is 0.0740. The molecule has 2 aromatic carbocycles. The van der Waals surface area contributed by atoms with Gasteiger partial charge in [-0.1, -0.05) is 48.5 Å². The molecule has 0 bridgehead atoms. The summed E-state index contributed by atoms with van der Waals surface area (Å²) in [6.45, 7) is 0.413. The molecule has 1 aromatic heterocycles. The van der Waals surface area contributed by atoms with Gasteiger partial charge in [-0.3, -0.25) is 9.59 Å². The third-order valence-electron chi connectivity index (χ3n) is 4.86. The van der Waals surface area contributed by atoms with Crippen molar-refractivity contribution in [3.63, 3.8) is 0 Å². The van der Waals surface area contributed by atoms with Gasteiger partial charge in [0.25, 0.3) is 5.91 Å². The maximum absolute atomic E-state index is 12.7. The number of thiazole rings is 1. The monoisotopic (exact) mass is 453 g/mol. The number of benzene rings is 2. The third kappa shape index (κ3) is 5.65. The Balaban J connectivity index is 1.25. The number of aromatic nitrogens is 1. The Labute approximate surface area is 189 Å². The number of carbonyl (C=O) groups is 2. The molecule has 0 spiro atoms. The van der Waals surface area contributed by atoms with Crippen molar-refractivity contribution in [3.05, 3.63) is 71.7 Å². The Kier molecular flexibility index (Phi) is 7.22. The van der Waals surface area contributed by atoms with Crippen molar-refractivity contribution in [1.82, 2.24) is 15.2 Å². The third-order valence-corrected chi connectivity index (χ3v) is 6.82. The molecular formula is C23H23N3O3S2. The molecule has 1 N–H and O–H groups in total. The maximum Gasteiger partial charge on any atom is 0.261 e. The number of thioether (sulfide) groups is 1. The molecule has 6 nitrogen and oxygen atoms in total. The Morgan fingerprint density at radius 3 is 2.61 bits per heavy atom. The minimum atomic E-state index is -0.466. The zero-order valence-electron chi connectivity index (χ0n) is 16.9. The lowest BCUT2D eigenvalue weighted by molar-refractivity contribution is -0.139. The summed E-state index contributed by atoms with van der Waals surface area (Å²) < 4.78 is 5.55. The van der Waals surface area contributed by atoms with Gasteiger partial charge in [-0.2, -0.15) is 0 Å². The van der Waals surface area contributed by atoms with E-state index in [-0.39, 0.29) is 18.4 Å². The van der Waals surface area contributed by atoms with Crippen molar-refractivity contribution >= 4 is 34.9 Å². The fourth-order valence-electron chi connectivity index (χ4n) is 3.22. The second-order valence-corrected chi connectivity index (χ2v) is 8.89. The summed E-state index contributed by atoms with van der Waals surface area (Å²) in [6, 6.07) is 18.8. The second kappa shape index (κ2) is 10.5. The van der Waals surface area contributed by atoms with E-state index in [1.54, 1.807) is 40.1 Å². The molecule has 2 amide bonds. The Bertz CT molecular complexity index is 1010. The summed E-state index contributed by atoms with van der Waals surface area (Å²) in [7, 11) is 0. The van der Waals surface area contributed by atoms with Crippen LogP contribution in [0.4, 0.5) is 0 Å². The van der Waals surface area contributed by atoms with Crippen molar-refractivity contribution in [1.29, 1.82) is 0 Å². The standard InChI is InChI=1S/C23H23N3O3S2/c27-21(13-29-19-9-5-2-6-10-19)26-16-30-15-20(26)22(28)24-12-11-18-14-31-23(25-18)17-7-3-1-4-8-17/h1-10,14,20H,11-13,15-16H2,(H,24,28). The van der Waals surface area contributed by atoms with Crippen molar-refractivity contribution in [2.24, 2.45) is 0 Å². The van der Waals surface area contributed by atoms with Crippen LogP contribution < -0.4 is 10.1 Å². The highest BCUT2D eigenvalue weighted by atomic mass is 32.2. The highest BCUT2D eigenvalue weighted by molar-refractivity contribution is 7.99. The lowest BCUT2D eigenvalue weighted by Gasteiger charge is -2.23. The molecule has 1 atom stereocenters. The van der Waals surface area contributed by atoms with Gasteiger partial charge in [-0.25, -0.2) is 4.98 Å². The summed E-state index contributed by atoms with van der Waals surface area (Å²) in [5, 5.41) is 5.96. The van der Waals surface area contributed by atoms with Crippen LogP contribution in [0.15, 0.2) is 66.0 Å². The van der Waals surface area contributed by atoms with E-state index >= 15 is 0 Å². The highest BCUT2D eigenvalue weighted by Crippen LogP contribution is 2.24. The van der Waals surface area contributed by atoms with Crippen LogP contribution in [0, 0.1) is 0 Å². The van der Waals surface area contributed by atoms with Gasteiger partial charge in [-0.15, -0.1) is 23.1 Å². The summed E-state index contributed by atoms with van der Waals surface area (Å²) in [6.07, 6.45) is 0.653. The SMILES string of the molecule is O=C(NCCc1csc(-c2ccccc2)n1)C1CSCN1C(=O)COc1ccccc1. The molecular weight excluding hydrogens is 430 g/mol. The summed E-state index contributed by atoms with van der Waals surface area (Å²) in [4.78, 5) is 31.5. The normalized spacial score (nSPS) is 15.6. The fourth-order valence-corrected chi connectivity index (χ4v) is 5.26. The molecule has 2 heterocycles. The molecule has 160 valence electrons. The largest absolute Gasteiger partial charge is 0.484 e. The molecule has 1 saturated heterocycles. The molecule has 3 aromatic rings. The van der Waals surface area contributed by atoms with Gasteiger partial charge in [-0.05, 0) is 12.1 Å². The first kappa shape index (κ1) is 21.4. The Morgan fingerprint density at radius 1 is 1.10 bits per heavy atom. The average molecular weight is 454 g/mol. The van der Waals surface area contributed by atoms with E-state index in [2.05, 4.69) is 10.3 Å². The van der Waals surface area contributed by atoms with Gasteiger partial charge in [0, 0.05) is 29.7 Å². The van der Waals surface area contributed by atoms with Crippen LogP contribution in [0.5, 0.6) is 5.75 Å². The smallest absolute Gasteiger partial charge is 0.261 e. The van der Waals surface area contributed by atoms with Gasteiger partial charge in [0.2, 0.25) is 5.91 Å². The van der Waals surface area contributed by atoms with Crippen LogP contribution in [0.3, 0.4) is 0 Å². The molecule has 1 aliphatic rings. The number of carbonyl (C=O) groups excluding carboxylic acids is 2. The van der Waals surface area contributed by atoms with E-state index in [4.69, 9.17) is 4.74 Å². The summed E-state index contributed by atoms with van der Waals surface area (Å²) in [5.41, 5.74) is 2.05. The molecule has 1 fully saturated rings. The van der Waals surface area contributed by atoms with Crippen molar-refractivity contribution in [3.8, 4) is 16.3 Å². The van der Waals surface area contributed by atoms with Crippen LogP contribution in [-0.4, -0.2) is 52.5 Å². The first-order valence-corrected chi connectivity index (χ1v) is 12.1. The number of nitrogens with one attached hydrogen (secondary N) is 1. The number of hydrogen-bond acceptors (Lipinski definition) is 6. The lowest BCUT2D eigenvalue weighted by atomic mass is 10.2. The van der Waals surface area contributed by atoms with Crippen LogP contribution >= 0.6 is 23.1 Å². The van der Waals surface area contributed by atoms with E-state index in [0.717, 1.165) is 16.3 Å². The number of ether oxygens (including phenoxy) is 1. The van der Waals surface area contributed by atoms with Gasteiger partial charge in [0.05, 0.1) is 11.6 Å². The molecule has 31 heavy (non-hydrogen) atoms. The summed E-state index contributed by atoms with van der Waals surface area (Å²) >= 11 is 3.18.